The number of carboxylic acid groups (broad SMARTS) is 1. The first kappa shape index (κ1) is 10.1. The molecule has 0 bridgehead atoms. The van der Waals surface area contributed by atoms with E-state index in [0.717, 1.165) is 24.5 Å². The number of fused-ring (bicyclic) bond motifs is 1. The van der Waals surface area contributed by atoms with Gasteiger partial charge in [-0.15, -0.1) is 0 Å². The van der Waals surface area contributed by atoms with Crippen LogP contribution in [0.15, 0.2) is 29.0 Å². The molecule has 3 heterocycles. The fourth-order valence-electron chi connectivity index (χ4n) is 2.36. The largest absolute Gasteiger partial charge is 0.481 e. The van der Waals surface area contributed by atoms with Crippen molar-refractivity contribution in [1.82, 2.24) is 9.55 Å². The van der Waals surface area contributed by atoms with Gasteiger partial charge in [-0.3, -0.25) is 4.79 Å². The summed E-state index contributed by atoms with van der Waals surface area (Å²) in [6, 6.07) is 3.63. The first-order valence-corrected chi connectivity index (χ1v) is 5.59. The summed E-state index contributed by atoms with van der Waals surface area (Å²) in [6.45, 7) is 0.801. The van der Waals surface area contributed by atoms with E-state index in [4.69, 9.17) is 9.52 Å². The summed E-state index contributed by atoms with van der Waals surface area (Å²) >= 11 is 0. The van der Waals surface area contributed by atoms with Gasteiger partial charge < -0.3 is 14.1 Å². The van der Waals surface area contributed by atoms with Gasteiger partial charge in [-0.2, -0.15) is 0 Å². The molecule has 2 aromatic heterocycles. The van der Waals surface area contributed by atoms with Crippen LogP contribution in [0.2, 0.25) is 0 Å². The summed E-state index contributed by atoms with van der Waals surface area (Å²) in [6.07, 6.45) is 4.77. The van der Waals surface area contributed by atoms with Gasteiger partial charge in [0.2, 0.25) is 0 Å². The molecule has 0 saturated heterocycles. The Balaban J connectivity index is 2.08. The predicted molar refractivity (Wildman–Crippen MR) is 59.5 cm³/mol. The molecule has 1 N–H and O–H groups in total. The minimum Gasteiger partial charge on any atom is -0.481 e. The van der Waals surface area contributed by atoms with Gasteiger partial charge in [0.15, 0.2) is 11.6 Å². The first-order valence-electron chi connectivity index (χ1n) is 5.59. The molecule has 1 unspecified atom stereocenters. The van der Waals surface area contributed by atoms with Crippen molar-refractivity contribution in [3.05, 3.63) is 30.3 Å². The lowest BCUT2D eigenvalue weighted by molar-refractivity contribution is -0.139. The molecular weight excluding hydrogens is 220 g/mol. The van der Waals surface area contributed by atoms with E-state index in [-0.39, 0.29) is 0 Å². The van der Waals surface area contributed by atoms with Gasteiger partial charge in [0, 0.05) is 12.7 Å². The third kappa shape index (κ3) is 1.54. The Kier molecular flexibility index (Phi) is 2.24. The monoisotopic (exact) mass is 232 g/mol. The number of imidazole rings is 1. The Hall–Kier alpha value is -2.04. The third-order valence-corrected chi connectivity index (χ3v) is 3.16. The van der Waals surface area contributed by atoms with Gasteiger partial charge in [-0.25, -0.2) is 4.98 Å². The van der Waals surface area contributed by atoms with Crippen molar-refractivity contribution in [2.24, 2.45) is 0 Å². The maximum atomic E-state index is 11.1. The molecular formula is C12H12N2O3. The van der Waals surface area contributed by atoms with Crippen molar-refractivity contribution in [3.63, 3.8) is 0 Å². The average molecular weight is 232 g/mol. The van der Waals surface area contributed by atoms with Crippen LogP contribution < -0.4 is 0 Å². The van der Waals surface area contributed by atoms with Gasteiger partial charge in [0.05, 0.1) is 17.9 Å². The van der Waals surface area contributed by atoms with E-state index in [1.54, 1.807) is 18.5 Å². The van der Waals surface area contributed by atoms with Crippen LogP contribution in [0, 0.1) is 0 Å². The highest BCUT2D eigenvalue weighted by Crippen LogP contribution is 2.31. The number of aromatic nitrogens is 2. The van der Waals surface area contributed by atoms with Crippen molar-refractivity contribution >= 4 is 5.97 Å². The number of hydrogen-bond acceptors (Lipinski definition) is 3. The van der Waals surface area contributed by atoms with Crippen LogP contribution in [0.3, 0.4) is 0 Å². The molecule has 0 amide bonds. The highest BCUT2D eigenvalue weighted by Gasteiger charge is 2.29. The molecule has 0 aromatic carbocycles. The van der Waals surface area contributed by atoms with Crippen molar-refractivity contribution in [2.75, 3.05) is 0 Å². The number of aliphatic carboxylic acids is 1. The van der Waals surface area contributed by atoms with Gasteiger partial charge >= 0.3 is 5.97 Å². The van der Waals surface area contributed by atoms with E-state index in [1.165, 1.54) is 0 Å². The van der Waals surface area contributed by atoms with Gasteiger partial charge in [0.25, 0.3) is 0 Å². The van der Waals surface area contributed by atoms with Crippen LogP contribution in [-0.2, 0) is 11.3 Å². The number of carboxylic acids is 1. The maximum Gasteiger partial charge on any atom is 0.312 e. The fraction of sp³-hybridized carbons (Fsp3) is 0.333. The fourth-order valence-corrected chi connectivity index (χ4v) is 2.36. The maximum absolute atomic E-state index is 11.1. The predicted octanol–water partition coefficient (Wildman–Crippen LogP) is 2.11. The van der Waals surface area contributed by atoms with Gasteiger partial charge in [-0.1, -0.05) is 0 Å². The number of nitrogens with zero attached hydrogens (tertiary/aromatic N) is 2. The van der Waals surface area contributed by atoms with Crippen molar-refractivity contribution < 1.29 is 14.3 Å². The topological polar surface area (TPSA) is 68.3 Å². The van der Waals surface area contributed by atoms with E-state index >= 15 is 0 Å². The molecule has 1 aliphatic rings. The molecule has 1 atom stereocenters. The van der Waals surface area contributed by atoms with Gasteiger partial charge in [-0.05, 0) is 25.0 Å². The lowest BCUT2D eigenvalue weighted by Gasteiger charge is -2.21. The van der Waals surface area contributed by atoms with E-state index < -0.39 is 11.9 Å². The molecule has 88 valence electrons. The number of hydrogen-bond donors (Lipinski definition) is 1. The van der Waals surface area contributed by atoms with E-state index in [0.29, 0.717) is 12.2 Å². The quantitative estimate of drug-likeness (QED) is 0.860. The van der Waals surface area contributed by atoms with Crippen LogP contribution in [0.5, 0.6) is 0 Å². The van der Waals surface area contributed by atoms with Crippen molar-refractivity contribution in [3.8, 4) is 11.6 Å². The van der Waals surface area contributed by atoms with E-state index in [2.05, 4.69) is 4.98 Å². The lowest BCUT2D eigenvalue weighted by atomic mass is 9.96. The summed E-state index contributed by atoms with van der Waals surface area (Å²) in [5.41, 5.74) is 0.773. The minimum atomic E-state index is -0.781. The van der Waals surface area contributed by atoms with Crippen LogP contribution >= 0.6 is 0 Å². The second-order valence-electron chi connectivity index (χ2n) is 4.17. The molecule has 1 aliphatic heterocycles. The molecule has 3 rings (SSSR count). The molecule has 2 aromatic rings. The second kappa shape index (κ2) is 3.76. The summed E-state index contributed by atoms with van der Waals surface area (Å²) in [4.78, 5) is 15.4. The zero-order chi connectivity index (χ0) is 11.8. The van der Waals surface area contributed by atoms with Crippen LogP contribution in [-0.4, -0.2) is 20.6 Å². The van der Waals surface area contributed by atoms with Crippen molar-refractivity contribution in [2.45, 2.75) is 25.3 Å². The number of rotatable bonds is 2. The average Bonchev–Trinajstić information content (AvgIpc) is 2.96. The van der Waals surface area contributed by atoms with Crippen molar-refractivity contribution in [1.29, 1.82) is 0 Å². The van der Waals surface area contributed by atoms with Gasteiger partial charge in [0.1, 0.15) is 0 Å². The van der Waals surface area contributed by atoms with Crippen LogP contribution in [0.25, 0.3) is 11.6 Å². The number of carbonyl (C=O) groups is 1. The Labute approximate surface area is 97.7 Å². The summed E-state index contributed by atoms with van der Waals surface area (Å²) in [5.74, 6) is 0.176. The Morgan fingerprint density at radius 2 is 2.47 bits per heavy atom. The Morgan fingerprint density at radius 3 is 3.18 bits per heavy atom. The zero-order valence-electron chi connectivity index (χ0n) is 9.17. The standard InChI is InChI=1S/C12H12N2O3/c15-12(16)8-3-1-5-14-9(8)7-13-11(14)10-4-2-6-17-10/h2,4,6-8H,1,3,5H2,(H,15,16). The van der Waals surface area contributed by atoms with Crippen LogP contribution in [0.1, 0.15) is 24.5 Å². The molecule has 5 heteroatoms. The molecule has 17 heavy (non-hydrogen) atoms. The molecule has 0 radical (unpaired) electrons. The normalized spacial score (nSPS) is 18.9. The molecule has 0 aliphatic carbocycles. The smallest absolute Gasteiger partial charge is 0.312 e. The summed E-state index contributed by atoms with van der Waals surface area (Å²) in [5, 5.41) is 9.16. The van der Waals surface area contributed by atoms with E-state index in [1.807, 2.05) is 10.6 Å². The summed E-state index contributed by atoms with van der Waals surface area (Å²) < 4.78 is 7.25. The Bertz CT molecular complexity index is 542. The molecule has 0 spiro atoms. The van der Waals surface area contributed by atoms with E-state index in [9.17, 15) is 4.79 Å². The lowest BCUT2D eigenvalue weighted by Crippen LogP contribution is -2.21. The highest BCUT2D eigenvalue weighted by molar-refractivity contribution is 5.76. The first-order chi connectivity index (χ1) is 8.27. The SMILES string of the molecule is O=C(O)C1CCCn2c1cnc2-c1ccco1. The molecule has 0 saturated carbocycles. The molecule has 5 nitrogen and oxygen atoms in total. The Morgan fingerprint density at radius 1 is 1.59 bits per heavy atom. The van der Waals surface area contributed by atoms with Crippen LogP contribution in [0.4, 0.5) is 0 Å². The highest BCUT2D eigenvalue weighted by atomic mass is 16.4. The number of furan rings is 1. The summed E-state index contributed by atoms with van der Waals surface area (Å²) in [7, 11) is 0. The minimum absolute atomic E-state index is 0.444. The third-order valence-electron chi connectivity index (χ3n) is 3.16. The second-order valence-corrected chi connectivity index (χ2v) is 4.17. The zero-order valence-corrected chi connectivity index (χ0v) is 9.17. The molecule has 0 fully saturated rings.